The third-order valence-corrected chi connectivity index (χ3v) is 5.63. The molecule has 2 heterocycles. The van der Waals surface area contributed by atoms with Gasteiger partial charge in [-0.3, -0.25) is 15.0 Å². The summed E-state index contributed by atoms with van der Waals surface area (Å²) in [6, 6.07) is 4.94. The maximum atomic E-state index is 14.3. The topological polar surface area (TPSA) is 61.4 Å². The van der Waals surface area contributed by atoms with Crippen LogP contribution in [0.1, 0.15) is 50.1 Å². The van der Waals surface area contributed by atoms with Crippen LogP contribution in [0.15, 0.2) is 18.2 Å². The number of fused-ring (bicyclic) bond motifs is 1. The summed E-state index contributed by atoms with van der Waals surface area (Å²) in [5.74, 6) is -0.0828. The van der Waals surface area contributed by atoms with E-state index in [-0.39, 0.29) is 35.5 Å². The second kappa shape index (κ2) is 6.16. The minimum absolute atomic E-state index is 0.0203. The van der Waals surface area contributed by atoms with Crippen LogP contribution in [0, 0.1) is 17.7 Å². The molecule has 6 heteroatoms. The molecule has 24 heavy (non-hydrogen) atoms. The third-order valence-electron chi connectivity index (χ3n) is 5.63. The second-order valence-electron chi connectivity index (χ2n) is 7.03. The SMILES string of the molecule is O=C1NNC(c2ccc(F)c(N3CCCC3=O)c2)C2CCCCC12. The molecule has 3 fully saturated rings. The predicted molar refractivity (Wildman–Crippen MR) is 87.5 cm³/mol. The normalized spacial score (nSPS) is 30.2. The van der Waals surface area contributed by atoms with Gasteiger partial charge in [0.15, 0.2) is 0 Å². The number of nitrogens with one attached hydrogen (secondary N) is 2. The van der Waals surface area contributed by atoms with E-state index in [1.165, 1.54) is 6.07 Å². The first kappa shape index (κ1) is 15.6. The molecular formula is C18H22FN3O2. The van der Waals surface area contributed by atoms with E-state index in [0.29, 0.717) is 18.7 Å². The Morgan fingerprint density at radius 1 is 1.12 bits per heavy atom. The number of carbonyl (C=O) groups excluding carboxylic acids is 2. The zero-order chi connectivity index (χ0) is 16.7. The van der Waals surface area contributed by atoms with Gasteiger partial charge in [-0.25, -0.2) is 9.82 Å². The van der Waals surface area contributed by atoms with Crippen LogP contribution < -0.4 is 15.8 Å². The number of nitrogens with zero attached hydrogens (tertiary/aromatic N) is 1. The van der Waals surface area contributed by atoms with Crippen LogP contribution in [-0.4, -0.2) is 18.4 Å². The number of carbonyl (C=O) groups is 2. The van der Waals surface area contributed by atoms with E-state index < -0.39 is 0 Å². The van der Waals surface area contributed by atoms with Gasteiger partial charge < -0.3 is 4.90 Å². The van der Waals surface area contributed by atoms with Crippen LogP contribution >= 0.6 is 0 Å². The van der Waals surface area contributed by atoms with E-state index >= 15 is 0 Å². The van der Waals surface area contributed by atoms with Crippen molar-refractivity contribution in [2.24, 2.45) is 11.8 Å². The number of halogens is 1. The lowest BCUT2D eigenvalue weighted by atomic mass is 9.72. The molecule has 3 atom stereocenters. The summed E-state index contributed by atoms with van der Waals surface area (Å²) in [6.07, 6.45) is 5.35. The number of rotatable bonds is 2. The quantitative estimate of drug-likeness (QED) is 0.875. The van der Waals surface area contributed by atoms with Gasteiger partial charge in [-0.2, -0.15) is 0 Å². The molecule has 1 aromatic rings. The largest absolute Gasteiger partial charge is 0.310 e. The summed E-state index contributed by atoms with van der Waals surface area (Å²) in [5.41, 5.74) is 7.18. The number of hydrogen-bond donors (Lipinski definition) is 2. The molecule has 2 N–H and O–H groups in total. The average molecular weight is 331 g/mol. The lowest BCUT2D eigenvalue weighted by Crippen LogP contribution is -2.55. The van der Waals surface area contributed by atoms with Gasteiger partial charge in [-0.15, -0.1) is 0 Å². The first-order valence-corrected chi connectivity index (χ1v) is 8.80. The second-order valence-corrected chi connectivity index (χ2v) is 7.03. The highest BCUT2D eigenvalue weighted by atomic mass is 19.1. The van der Waals surface area contributed by atoms with Crippen molar-refractivity contribution >= 4 is 17.5 Å². The summed E-state index contributed by atoms with van der Waals surface area (Å²) in [5, 5.41) is 0. The maximum Gasteiger partial charge on any atom is 0.237 e. The highest BCUT2D eigenvalue weighted by molar-refractivity contribution is 5.95. The Morgan fingerprint density at radius 2 is 1.96 bits per heavy atom. The van der Waals surface area contributed by atoms with Crippen LogP contribution in [0.3, 0.4) is 0 Å². The zero-order valence-electron chi connectivity index (χ0n) is 13.6. The summed E-state index contributed by atoms with van der Waals surface area (Å²) < 4.78 is 14.3. The van der Waals surface area contributed by atoms with Crippen LogP contribution in [-0.2, 0) is 9.59 Å². The van der Waals surface area contributed by atoms with Crippen LogP contribution in [0.4, 0.5) is 10.1 Å². The van der Waals surface area contributed by atoms with Crippen molar-refractivity contribution in [2.45, 2.75) is 44.6 Å². The first-order valence-electron chi connectivity index (χ1n) is 8.80. The van der Waals surface area contributed by atoms with E-state index in [0.717, 1.165) is 37.7 Å². The van der Waals surface area contributed by atoms with Gasteiger partial charge in [0.2, 0.25) is 11.8 Å². The molecule has 5 nitrogen and oxygen atoms in total. The van der Waals surface area contributed by atoms with Crippen LogP contribution in [0.5, 0.6) is 0 Å². The molecule has 0 radical (unpaired) electrons. The first-order chi connectivity index (χ1) is 11.6. The van der Waals surface area contributed by atoms with Crippen molar-refractivity contribution in [2.75, 3.05) is 11.4 Å². The predicted octanol–water partition coefficient (Wildman–Crippen LogP) is 2.43. The standard InChI is InChI=1S/C18H22FN3O2/c19-14-8-7-11(10-15(14)22-9-3-6-16(22)23)17-12-4-1-2-5-13(12)18(24)21-20-17/h7-8,10,12-13,17,20H,1-6,9H2,(H,21,24). The number of hydrogen-bond acceptors (Lipinski definition) is 3. The molecule has 3 unspecified atom stereocenters. The van der Waals surface area contributed by atoms with Crippen molar-refractivity contribution in [3.63, 3.8) is 0 Å². The Bertz CT molecular complexity index is 678. The van der Waals surface area contributed by atoms with Crippen molar-refractivity contribution in [3.8, 4) is 0 Å². The Labute approximate surface area is 140 Å². The number of anilines is 1. The smallest absolute Gasteiger partial charge is 0.237 e. The van der Waals surface area contributed by atoms with Gasteiger partial charge in [-0.1, -0.05) is 18.9 Å². The minimum Gasteiger partial charge on any atom is -0.310 e. The molecule has 2 amide bonds. The van der Waals surface area contributed by atoms with Gasteiger partial charge in [0.25, 0.3) is 0 Å². The molecule has 1 aliphatic carbocycles. The molecule has 3 aliphatic rings. The number of amides is 2. The molecule has 1 saturated carbocycles. The number of benzene rings is 1. The Kier molecular flexibility index (Phi) is 4.00. The molecule has 1 aromatic carbocycles. The molecule has 0 spiro atoms. The Hall–Kier alpha value is -1.95. The van der Waals surface area contributed by atoms with Crippen molar-refractivity contribution in [3.05, 3.63) is 29.6 Å². The molecule has 0 aromatic heterocycles. The van der Waals surface area contributed by atoms with Crippen molar-refractivity contribution < 1.29 is 14.0 Å². The molecule has 128 valence electrons. The fraction of sp³-hybridized carbons (Fsp3) is 0.556. The fourth-order valence-electron chi connectivity index (χ4n) is 4.40. The lowest BCUT2D eigenvalue weighted by Gasteiger charge is -2.41. The van der Waals surface area contributed by atoms with Crippen LogP contribution in [0.25, 0.3) is 0 Å². The van der Waals surface area contributed by atoms with Gasteiger partial charge in [0.1, 0.15) is 5.82 Å². The van der Waals surface area contributed by atoms with Gasteiger partial charge >= 0.3 is 0 Å². The molecule has 0 bridgehead atoms. The summed E-state index contributed by atoms with van der Waals surface area (Å²) in [4.78, 5) is 25.6. The molecule has 2 saturated heterocycles. The van der Waals surface area contributed by atoms with E-state index in [1.807, 2.05) is 0 Å². The van der Waals surface area contributed by atoms with E-state index in [4.69, 9.17) is 0 Å². The Balaban J connectivity index is 1.66. The minimum atomic E-state index is -0.367. The molecular weight excluding hydrogens is 309 g/mol. The van der Waals surface area contributed by atoms with Gasteiger partial charge in [0.05, 0.1) is 11.7 Å². The van der Waals surface area contributed by atoms with E-state index in [1.54, 1.807) is 17.0 Å². The third kappa shape index (κ3) is 2.59. The van der Waals surface area contributed by atoms with E-state index in [2.05, 4.69) is 10.9 Å². The number of hydrazine groups is 1. The highest BCUT2D eigenvalue weighted by Crippen LogP contribution is 2.41. The van der Waals surface area contributed by atoms with E-state index in [9.17, 15) is 14.0 Å². The maximum absolute atomic E-state index is 14.3. The van der Waals surface area contributed by atoms with Gasteiger partial charge in [-0.05, 0) is 42.9 Å². The summed E-state index contributed by atoms with van der Waals surface area (Å²) >= 11 is 0. The van der Waals surface area contributed by atoms with Crippen molar-refractivity contribution in [1.82, 2.24) is 10.9 Å². The van der Waals surface area contributed by atoms with Crippen LogP contribution in [0.2, 0.25) is 0 Å². The lowest BCUT2D eigenvalue weighted by molar-refractivity contribution is -0.133. The summed E-state index contributed by atoms with van der Waals surface area (Å²) in [6.45, 7) is 0.570. The summed E-state index contributed by atoms with van der Waals surface area (Å²) in [7, 11) is 0. The highest BCUT2D eigenvalue weighted by Gasteiger charge is 2.40. The van der Waals surface area contributed by atoms with Gasteiger partial charge in [0, 0.05) is 18.9 Å². The van der Waals surface area contributed by atoms with Crippen molar-refractivity contribution in [1.29, 1.82) is 0 Å². The Morgan fingerprint density at radius 3 is 2.75 bits per heavy atom. The molecule has 4 rings (SSSR count). The average Bonchev–Trinajstić information content (AvgIpc) is 3.02. The molecule has 2 aliphatic heterocycles. The monoisotopic (exact) mass is 331 g/mol. The zero-order valence-corrected chi connectivity index (χ0v) is 13.6. The fourth-order valence-corrected chi connectivity index (χ4v) is 4.40.